The van der Waals surface area contributed by atoms with E-state index in [4.69, 9.17) is 0 Å². The van der Waals surface area contributed by atoms with Crippen LogP contribution in [0.4, 0.5) is 0 Å². The van der Waals surface area contributed by atoms with Crippen LogP contribution >= 0.6 is 11.8 Å². The van der Waals surface area contributed by atoms with Crippen molar-refractivity contribution >= 4 is 27.7 Å². The minimum Gasteiger partial charge on any atom is -0.388 e. The molecule has 6 nitrogen and oxygen atoms in total. The van der Waals surface area contributed by atoms with Crippen molar-refractivity contribution in [1.29, 1.82) is 0 Å². The molecule has 0 bridgehead atoms. The smallest absolute Gasteiger partial charge is 0.251 e. The molecule has 1 rings (SSSR count). The Morgan fingerprint density at radius 3 is 2.35 bits per heavy atom. The second-order valence-corrected chi connectivity index (χ2v) is 8.87. The number of amides is 1. The van der Waals surface area contributed by atoms with Gasteiger partial charge in [0.1, 0.15) is 0 Å². The van der Waals surface area contributed by atoms with Gasteiger partial charge in [-0.05, 0) is 49.6 Å². The Morgan fingerprint density at radius 2 is 1.87 bits per heavy atom. The predicted molar refractivity (Wildman–Crippen MR) is 93.3 cm³/mol. The Kier molecular flexibility index (Phi) is 7.06. The number of sulfonamides is 1. The number of carbonyl (C=O) groups is 1. The van der Waals surface area contributed by atoms with Crippen molar-refractivity contribution in [3.8, 4) is 0 Å². The molecule has 0 saturated heterocycles. The molecule has 0 aliphatic heterocycles. The van der Waals surface area contributed by atoms with Crippen molar-refractivity contribution in [3.05, 3.63) is 29.8 Å². The molecule has 0 aromatic heterocycles. The number of rotatable bonds is 8. The summed E-state index contributed by atoms with van der Waals surface area (Å²) in [6.07, 6.45) is 2.53. The Labute approximate surface area is 142 Å². The second kappa shape index (κ2) is 8.14. The van der Waals surface area contributed by atoms with E-state index in [1.165, 1.54) is 38.4 Å². The normalized spacial score (nSPS) is 14.5. The minimum absolute atomic E-state index is 0.131. The molecule has 130 valence electrons. The summed E-state index contributed by atoms with van der Waals surface area (Å²) in [5, 5.41) is 12.8. The van der Waals surface area contributed by atoms with Crippen molar-refractivity contribution in [2.45, 2.75) is 23.8 Å². The zero-order valence-corrected chi connectivity index (χ0v) is 15.5. The molecule has 0 fully saturated rings. The summed E-state index contributed by atoms with van der Waals surface area (Å²) in [6, 6.07) is 5.72. The van der Waals surface area contributed by atoms with E-state index >= 15 is 0 Å². The fourth-order valence-electron chi connectivity index (χ4n) is 1.77. The third-order valence-corrected chi connectivity index (χ3v) is 5.81. The average Bonchev–Trinajstić information content (AvgIpc) is 2.50. The van der Waals surface area contributed by atoms with Crippen LogP contribution in [0.2, 0.25) is 0 Å². The molecule has 0 aliphatic rings. The van der Waals surface area contributed by atoms with Gasteiger partial charge < -0.3 is 10.4 Å². The highest BCUT2D eigenvalue weighted by atomic mass is 32.2. The maximum Gasteiger partial charge on any atom is 0.251 e. The van der Waals surface area contributed by atoms with Crippen molar-refractivity contribution in [2.75, 3.05) is 32.6 Å². The molecule has 0 radical (unpaired) electrons. The number of benzene rings is 1. The zero-order chi connectivity index (χ0) is 17.7. The van der Waals surface area contributed by atoms with Gasteiger partial charge in [0.2, 0.25) is 10.0 Å². The van der Waals surface area contributed by atoms with Crippen LogP contribution in [0.3, 0.4) is 0 Å². The largest absolute Gasteiger partial charge is 0.388 e. The van der Waals surface area contributed by atoms with Crippen LogP contribution in [0.25, 0.3) is 0 Å². The third-order valence-electron chi connectivity index (χ3n) is 3.37. The number of aliphatic hydroxyl groups is 1. The first-order valence-corrected chi connectivity index (χ1v) is 9.96. The topological polar surface area (TPSA) is 86.7 Å². The molecule has 1 aromatic rings. The summed E-state index contributed by atoms with van der Waals surface area (Å²) in [4.78, 5) is 12.2. The molecule has 0 saturated carbocycles. The number of carbonyl (C=O) groups excluding carboxylic acids is 1. The number of nitrogens with zero attached hydrogens (tertiary/aromatic N) is 1. The Morgan fingerprint density at radius 1 is 1.30 bits per heavy atom. The monoisotopic (exact) mass is 360 g/mol. The molecule has 8 heteroatoms. The van der Waals surface area contributed by atoms with Gasteiger partial charge in [0.25, 0.3) is 5.91 Å². The molecule has 23 heavy (non-hydrogen) atoms. The van der Waals surface area contributed by atoms with E-state index in [2.05, 4.69) is 5.32 Å². The van der Waals surface area contributed by atoms with E-state index in [1.807, 2.05) is 6.26 Å². The lowest BCUT2D eigenvalue weighted by Gasteiger charge is -2.23. The lowest BCUT2D eigenvalue weighted by atomic mass is 10.0. The molecular weight excluding hydrogens is 336 g/mol. The highest BCUT2D eigenvalue weighted by Crippen LogP contribution is 2.15. The summed E-state index contributed by atoms with van der Waals surface area (Å²) >= 11 is 1.63. The van der Waals surface area contributed by atoms with Gasteiger partial charge in [-0.3, -0.25) is 4.79 Å². The summed E-state index contributed by atoms with van der Waals surface area (Å²) < 4.78 is 25.0. The number of hydrogen-bond donors (Lipinski definition) is 2. The molecule has 1 amide bonds. The van der Waals surface area contributed by atoms with Crippen molar-refractivity contribution in [3.63, 3.8) is 0 Å². The van der Waals surface area contributed by atoms with E-state index in [0.29, 0.717) is 12.0 Å². The summed E-state index contributed by atoms with van der Waals surface area (Å²) in [5.74, 6) is 0.461. The Balaban J connectivity index is 2.72. The first-order valence-electron chi connectivity index (χ1n) is 7.12. The van der Waals surface area contributed by atoms with Crippen LogP contribution in [0, 0.1) is 0 Å². The molecule has 0 heterocycles. The summed E-state index contributed by atoms with van der Waals surface area (Å²) in [6.45, 7) is 1.82. The maximum atomic E-state index is 12.1. The van der Waals surface area contributed by atoms with Crippen LogP contribution in [0.15, 0.2) is 29.2 Å². The van der Waals surface area contributed by atoms with Gasteiger partial charge in [-0.2, -0.15) is 11.8 Å². The van der Waals surface area contributed by atoms with Crippen LogP contribution in [0.5, 0.6) is 0 Å². The zero-order valence-electron chi connectivity index (χ0n) is 13.9. The van der Waals surface area contributed by atoms with Gasteiger partial charge in [0.05, 0.1) is 10.5 Å². The van der Waals surface area contributed by atoms with Crippen LogP contribution < -0.4 is 5.32 Å². The quantitative estimate of drug-likeness (QED) is 0.727. The van der Waals surface area contributed by atoms with Crippen LogP contribution in [-0.2, 0) is 10.0 Å². The van der Waals surface area contributed by atoms with Gasteiger partial charge in [-0.25, -0.2) is 12.7 Å². The third kappa shape index (κ3) is 5.80. The fraction of sp³-hybridized carbons (Fsp3) is 0.533. The van der Waals surface area contributed by atoms with Gasteiger partial charge in [-0.15, -0.1) is 0 Å². The predicted octanol–water partition coefficient (Wildman–Crippen LogP) is 1.17. The first-order chi connectivity index (χ1) is 10.6. The highest BCUT2D eigenvalue weighted by molar-refractivity contribution is 7.98. The number of thioether (sulfide) groups is 1. The SMILES string of the molecule is CSCC[C@@](C)(O)CNC(=O)c1ccc(S(=O)(=O)N(C)C)cc1. The average molecular weight is 361 g/mol. The highest BCUT2D eigenvalue weighted by Gasteiger charge is 2.21. The number of nitrogens with one attached hydrogen (secondary N) is 1. The molecule has 0 unspecified atom stereocenters. The maximum absolute atomic E-state index is 12.1. The molecule has 1 atom stereocenters. The van der Waals surface area contributed by atoms with Crippen molar-refractivity contribution in [2.24, 2.45) is 0 Å². The lowest BCUT2D eigenvalue weighted by Crippen LogP contribution is -2.41. The van der Waals surface area contributed by atoms with Crippen LogP contribution in [0.1, 0.15) is 23.7 Å². The minimum atomic E-state index is -3.51. The van der Waals surface area contributed by atoms with E-state index in [1.54, 1.807) is 18.7 Å². The van der Waals surface area contributed by atoms with E-state index in [0.717, 1.165) is 10.1 Å². The summed E-state index contributed by atoms with van der Waals surface area (Å²) in [7, 11) is -0.604. The molecule has 0 aliphatic carbocycles. The van der Waals surface area contributed by atoms with Crippen molar-refractivity contribution < 1.29 is 18.3 Å². The van der Waals surface area contributed by atoms with E-state index in [9.17, 15) is 18.3 Å². The molecule has 2 N–H and O–H groups in total. The number of hydrogen-bond acceptors (Lipinski definition) is 5. The Bertz CT molecular complexity index is 625. The molecule has 0 spiro atoms. The van der Waals surface area contributed by atoms with Gasteiger partial charge >= 0.3 is 0 Å². The van der Waals surface area contributed by atoms with Gasteiger partial charge in [0.15, 0.2) is 0 Å². The second-order valence-electron chi connectivity index (χ2n) is 5.73. The van der Waals surface area contributed by atoms with Crippen LogP contribution in [-0.4, -0.2) is 62.0 Å². The standard InChI is InChI=1S/C15H24N2O4S2/c1-15(19,9-10-22-4)11-16-14(18)12-5-7-13(8-6-12)23(20,21)17(2)3/h5-8,19H,9-11H2,1-4H3,(H,16,18)/t15-/m1/s1. The molecule has 1 aromatic carbocycles. The Hall–Kier alpha value is -1.09. The lowest BCUT2D eigenvalue weighted by molar-refractivity contribution is 0.0528. The first kappa shape index (κ1) is 20.0. The van der Waals surface area contributed by atoms with Crippen molar-refractivity contribution in [1.82, 2.24) is 9.62 Å². The van der Waals surface area contributed by atoms with E-state index < -0.39 is 15.6 Å². The summed E-state index contributed by atoms with van der Waals surface area (Å²) in [5.41, 5.74) is -0.615. The van der Waals surface area contributed by atoms with E-state index in [-0.39, 0.29) is 17.3 Å². The fourth-order valence-corrected chi connectivity index (χ4v) is 3.32. The molecular formula is C15H24N2O4S2. The van der Waals surface area contributed by atoms with Gasteiger partial charge in [0, 0.05) is 26.2 Å². The van der Waals surface area contributed by atoms with Gasteiger partial charge in [-0.1, -0.05) is 0 Å².